The standard InChI is InChI=1S/C15H25N3O/c16-11-15(17)7-2-3-12(15)6-8-18-9-10-19-14-5-1-4-13(14)18/h12-14H,1-10,17H2. The molecule has 4 nitrogen and oxygen atoms in total. The number of nitrogens with two attached hydrogens (primary N) is 1. The number of nitrogens with zero attached hydrogens (tertiary/aromatic N) is 2. The zero-order valence-electron chi connectivity index (χ0n) is 11.7. The van der Waals surface area contributed by atoms with E-state index in [4.69, 9.17) is 10.5 Å². The summed E-state index contributed by atoms with van der Waals surface area (Å²) in [4.78, 5) is 2.59. The Morgan fingerprint density at radius 2 is 2.21 bits per heavy atom. The third-order valence-electron chi connectivity index (χ3n) is 5.44. The molecule has 4 heteroatoms. The lowest BCUT2D eigenvalue weighted by Gasteiger charge is -2.38. The molecule has 2 N–H and O–H groups in total. The Hall–Kier alpha value is -0.630. The first-order valence-corrected chi connectivity index (χ1v) is 7.79. The fraction of sp³-hybridized carbons (Fsp3) is 0.933. The summed E-state index contributed by atoms with van der Waals surface area (Å²) < 4.78 is 5.85. The predicted molar refractivity (Wildman–Crippen MR) is 73.4 cm³/mol. The molecule has 0 aromatic heterocycles. The fourth-order valence-electron chi connectivity index (χ4n) is 4.26. The van der Waals surface area contributed by atoms with Crippen molar-refractivity contribution in [3.63, 3.8) is 0 Å². The quantitative estimate of drug-likeness (QED) is 0.841. The molecule has 0 spiro atoms. The normalized spacial score (nSPS) is 43.1. The molecular formula is C15H25N3O. The van der Waals surface area contributed by atoms with E-state index < -0.39 is 5.54 Å². The van der Waals surface area contributed by atoms with E-state index in [9.17, 15) is 5.26 Å². The van der Waals surface area contributed by atoms with Gasteiger partial charge in [0.05, 0.1) is 18.8 Å². The molecule has 3 fully saturated rings. The maximum Gasteiger partial charge on any atom is 0.107 e. The van der Waals surface area contributed by atoms with Gasteiger partial charge in [-0.3, -0.25) is 4.90 Å². The predicted octanol–water partition coefficient (Wildman–Crippen LogP) is 1.65. The monoisotopic (exact) mass is 263 g/mol. The van der Waals surface area contributed by atoms with E-state index >= 15 is 0 Å². The third kappa shape index (κ3) is 2.52. The highest BCUT2D eigenvalue weighted by atomic mass is 16.5. The van der Waals surface area contributed by atoms with Gasteiger partial charge in [-0.05, 0) is 51.0 Å². The Labute approximate surface area is 115 Å². The largest absolute Gasteiger partial charge is 0.375 e. The van der Waals surface area contributed by atoms with Crippen LogP contribution in [0.2, 0.25) is 0 Å². The third-order valence-corrected chi connectivity index (χ3v) is 5.44. The SMILES string of the molecule is N#CC1(N)CCCC1CCN1CCOC2CCCC21. The second-order valence-corrected chi connectivity index (χ2v) is 6.47. The van der Waals surface area contributed by atoms with Crippen LogP contribution >= 0.6 is 0 Å². The molecule has 0 radical (unpaired) electrons. The molecule has 3 aliphatic rings. The fourth-order valence-corrected chi connectivity index (χ4v) is 4.26. The molecule has 0 amide bonds. The van der Waals surface area contributed by atoms with Gasteiger partial charge in [-0.25, -0.2) is 0 Å². The van der Waals surface area contributed by atoms with Crippen LogP contribution in [0.3, 0.4) is 0 Å². The summed E-state index contributed by atoms with van der Waals surface area (Å²) in [5, 5.41) is 9.27. The van der Waals surface area contributed by atoms with Crippen LogP contribution in [0.15, 0.2) is 0 Å². The minimum absolute atomic E-state index is 0.389. The molecule has 1 heterocycles. The highest BCUT2D eigenvalue weighted by Gasteiger charge is 2.41. The Balaban J connectivity index is 1.56. The Bertz CT molecular complexity index is 367. The number of fused-ring (bicyclic) bond motifs is 1. The lowest BCUT2D eigenvalue weighted by Crippen LogP contribution is -2.50. The molecule has 19 heavy (non-hydrogen) atoms. The smallest absolute Gasteiger partial charge is 0.107 e. The number of hydrogen-bond donors (Lipinski definition) is 1. The molecule has 0 aromatic carbocycles. The van der Waals surface area contributed by atoms with Crippen molar-refractivity contribution < 1.29 is 4.74 Å². The summed E-state index contributed by atoms with van der Waals surface area (Å²) in [6, 6.07) is 2.99. The van der Waals surface area contributed by atoms with Gasteiger partial charge in [0.2, 0.25) is 0 Å². The summed E-state index contributed by atoms with van der Waals surface area (Å²) in [5.74, 6) is 0.389. The summed E-state index contributed by atoms with van der Waals surface area (Å²) in [5.41, 5.74) is 5.67. The van der Waals surface area contributed by atoms with Gasteiger partial charge >= 0.3 is 0 Å². The van der Waals surface area contributed by atoms with Crippen LogP contribution in [-0.4, -0.2) is 42.3 Å². The van der Waals surface area contributed by atoms with Crippen LogP contribution in [0.4, 0.5) is 0 Å². The number of ether oxygens (including phenoxy) is 1. The van der Waals surface area contributed by atoms with Crippen molar-refractivity contribution >= 4 is 0 Å². The van der Waals surface area contributed by atoms with E-state index in [0.717, 1.165) is 45.4 Å². The minimum Gasteiger partial charge on any atom is -0.375 e. The molecule has 1 saturated heterocycles. The van der Waals surface area contributed by atoms with Gasteiger partial charge in [0, 0.05) is 12.6 Å². The van der Waals surface area contributed by atoms with E-state index in [-0.39, 0.29) is 0 Å². The molecule has 0 bridgehead atoms. The minimum atomic E-state index is -0.554. The molecule has 3 rings (SSSR count). The van der Waals surface area contributed by atoms with Crippen LogP contribution < -0.4 is 5.73 Å². The second kappa shape index (κ2) is 5.40. The molecule has 106 valence electrons. The van der Waals surface area contributed by atoms with Gasteiger partial charge in [-0.1, -0.05) is 6.42 Å². The summed E-state index contributed by atoms with van der Waals surface area (Å²) in [7, 11) is 0. The van der Waals surface area contributed by atoms with E-state index in [1.165, 1.54) is 19.3 Å². The van der Waals surface area contributed by atoms with Gasteiger partial charge in [-0.2, -0.15) is 5.26 Å². The number of rotatable bonds is 3. The summed E-state index contributed by atoms with van der Waals surface area (Å²) in [6.07, 6.45) is 8.47. The average Bonchev–Trinajstić information content (AvgIpc) is 3.03. The van der Waals surface area contributed by atoms with Gasteiger partial charge in [0.15, 0.2) is 0 Å². The maximum absolute atomic E-state index is 9.27. The first kappa shape index (κ1) is 13.4. The molecule has 4 atom stereocenters. The zero-order chi connectivity index (χ0) is 13.3. The number of hydrogen-bond acceptors (Lipinski definition) is 4. The van der Waals surface area contributed by atoms with Crippen molar-refractivity contribution in [1.29, 1.82) is 5.26 Å². The first-order chi connectivity index (χ1) is 9.23. The first-order valence-electron chi connectivity index (χ1n) is 7.79. The van der Waals surface area contributed by atoms with Gasteiger partial charge in [-0.15, -0.1) is 0 Å². The Kier molecular flexibility index (Phi) is 3.79. The van der Waals surface area contributed by atoms with Crippen molar-refractivity contribution in [2.45, 2.75) is 62.6 Å². The van der Waals surface area contributed by atoms with Crippen molar-refractivity contribution in [3.05, 3.63) is 0 Å². The molecular weight excluding hydrogens is 238 g/mol. The van der Waals surface area contributed by atoms with Crippen molar-refractivity contribution in [1.82, 2.24) is 4.90 Å². The highest BCUT2D eigenvalue weighted by Crippen LogP contribution is 2.36. The van der Waals surface area contributed by atoms with Crippen molar-refractivity contribution in [2.24, 2.45) is 11.7 Å². The molecule has 4 unspecified atom stereocenters. The zero-order valence-corrected chi connectivity index (χ0v) is 11.7. The maximum atomic E-state index is 9.27. The average molecular weight is 263 g/mol. The second-order valence-electron chi connectivity index (χ2n) is 6.47. The molecule has 0 aromatic rings. The molecule has 2 aliphatic carbocycles. The van der Waals surface area contributed by atoms with Crippen LogP contribution in [0, 0.1) is 17.2 Å². The van der Waals surface area contributed by atoms with Gasteiger partial charge in [0.25, 0.3) is 0 Å². The van der Waals surface area contributed by atoms with Crippen LogP contribution in [-0.2, 0) is 4.74 Å². The Morgan fingerprint density at radius 1 is 1.32 bits per heavy atom. The van der Waals surface area contributed by atoms with Gasteiger partial charge in [0.1, 0.15) is 5.54 Å². The van der Waals surface area contributed by atoms with E-state index in [1.807, 2.05) is 0 Å². The Morgan fingerprint density at radius 3 is 3.05 bits per heavy atom. The van der Waals surface area contributed by atoms with Gasteiger partial charge < -0.3 is 10.5 Å². The van der Waals surface area contributed by atoms with E-state index in [1.54, 1.807) is 0 Å². The topological polar surface area (TPSA) is 62.3 Å². The number of morpholine rings is 1. The van der Waals surface area contributed by atoms with Crippen molar-refractivity contribution in [2.75, 3.05) is 19.7 Å². The van der Waals surface area contributed by atoms with E-state index in [2.05, 4.69) is 11.0 Å². The van der Waals surface area contributed by atoms with Crippen LogP contribution in [0.5, 0.6) is 0 Å². The lowest BCUT2D eigenvalue weighted by atomic mass is 9.86. The molecule has 1 aliphatic heterocycles. The van der Waals surface area contributed by atoms with E-state index in [0.29, 0.717) is 18.1 Å². The highest BCUT2D eigenvalue weighted by molar-refractivity contribution is 5.12. The number of nitriles is 1. The summed E-state index contributed by atoms with van der Waals surface area (Å²) in [6.45, 7) is 3.02. The van der Waals surface area contributed by atoms with Crippen LogP contribution in [0.1, 0.15) is 44.9 Å². The molecule has 2 saturated carbocycles. The summed E-state index contributed by atoms with van der Waals surface area (Å²) >= 11 is 0. The lowest BCUT2D eigenvalue weighted by molar-refractivity contribution is -0.0571. The van der Waals surface area contributed by atoms with Crippen LogP contribution in [0.25, 0.3) is 0 Å². The van der Waals surface area contributed by atoms with Crippen molar-refractivity contribution in [3.8, 4) is 6.07 Å².